The van der Waals surface area contributed by atoms with Crippen LogP contribution in [-0.2, 0) is 9.84 Å². The van der Waals surface area contributed by atoms with Gasteiger partial charge in [0, 0.05) is 27.9 Å². The topological polar surface area (TPSA) is 107 Å². The van der Waals surface area contributed by atoms with Crippen LogP contribution in [0.4, 0.5) is 0 Å². The van der Waals surface area contributed by atoms with Gasteiger partial charge in [-0.15, -0.1) is 0 Å². The second-order valence-electron chi connectivity index (χ2n) is 6.58. The molecule has 7 nitrogen and oxygen atoms in total. The Morgan fingerprint density at radius 1 is 1.10 bits per heavy atom. The number of hydrogen-bond donors (Lipinski definition) is 1. The molecule has 0 bridgehead atoms. The molecular weight excluding hydrogens is 469 g/mol. The zero-order valence-corrected chi connectivity index (χ0v) is 18.4. The predicted octanol–water partition coefficient (Wildman–Crippen LogP) is 4.19. The Balaban J connectivity index is 2.08. The molecule has 1 saturated heterocycles. The fourth-order valence-electron chi connectivity index (χ4n) is 3.64. The van der Waals surface area contributed by atoms with Gasteiger partial charge < -0.3 is 10.6 Å². The van der Waals surface area contributed by atoms with Crippen LogP contribution in [0.2, 0.25) is 10.0 Å². The number of nitrogens with zero attached hydrogens (tertiary/aromatic N) is 2. The van der Waals surface area contributed by atoms with Crippen molar-refractivity contribution in [1.29, 1.82) is 0 Å². The Bertz CT molecular complexity index is 1190. The lowest BCUT2D eigenvalue weighted by atomic mass is 9.93. The summed E-state index contributed by atoms with van der Waals surface area (Å²) in [5.41, 5.74) is 6.20. The van der Waals surface area contributed by atoms with Gasteiger partial charge in [0.15, 0.2) is 5.03 Å². The molecule has 0 radical (unpaired) electrons. The number of hydrogen-bond acceptors (Lipinski definition) is 7. The van der Waals surface area contributed by atoms with Crippen LogP contribution in [0.25, 0.3) is 0 Å². The van der Waals surface area contributed by atoms with Gasteiger partial charge in [-0.05, 0) is 24.3 Å². The number of fused-ring (bicyclic) bond motifs is 1. The van der Waals surface area contributed by atoms with Crippen molar-refractivity contribution in [3.05, 3.63) is 95.7 Å². The van der Waals surface area contributed by atoms with Crippen LogP contribution < -0.4 is 5.73 Å². The summed E-state index contributed by atoms with van der Waals surface area (Å²) >= 11 is 14.0. The Morgan fingerprint density at radius 2 is 1.73 bits per heavy atom. The van der Waals surface area contributed by atoms with E-state index in [4.69, 9.17) is 28.9 Å². The van der Waals surface area contributed by atoms with Crippen molar-refractivity contribution < 1.29 is 13.3 Å². The summed E-state index contributed by atoms with van der Waals surface area (Å²) in [7, 11) is -4.20. The van der Waals surface area contributed by atoms with Gasteiger partial charge in [-0.3, -0.25) is 10.1 Å². The zero-order valence-electron chi connectivity index (χ0n) is 15.3. The standard InChI is InChI=1S/C19H15Cl2N3O4S2/c20-12-7-4-8-13(21)14(12)15-16(24(25)26)19-23(9-10-29-19)18(22)17(15)30(27,28)11-5-2-1-3-6-11/h1-8,15H,9-10,22H2. The van der Waals surface area contributed by atoms with Crippen molar-refractivity contribution in [2.75, 3.05) is 12.3 Å². The molecule has 0 aliphatic carbocycles. The maximum atomic E-state index is 13.7. The summed E-state index contributed by atoms with van der Waals surface area (Å²) in [6, 6.07) is 12.3. The number of halogens is 2. The van der Waals surface area contributed by atoms with Gasteiger partial charge in [0.25, 0.3) is 5.70 Å². The van der Waals surface area contributed by atoms with E-state index in [9.17, 15) is 18.5 Å². The molecule has 0 saturated carbocycles. The average molecular weight is 484 g/mol. The second kappa shape index (κ2) is 7.81. The first-order chi connectivity index (χ1) is 14.2. The van der Waals surface area contributed by atoms with E-state index in [1.165, 1.54) is 40.9 Å². The average Bonchev–Trinajstić information content (AvgIpc) is 3.18. The molecule has 156 valence electrons. The maximum Gasteiger partial charge on any atom is 0.289 e. The minimum atomic E-state index is -4.20. The van der Waals surface area contributed by atoms with Crippen LogP contribution >= 0.6 is 35.0 Å². The quantitative estimate of drug-likeness (QED) is 0.512. The fourth-order valence-corrected chi connectivity index (χ4v) is 7.10. The normalized spacial score (nSPS) is 19.3. The summed E-state index contributed by atoms with van der Waals surface area (Å²) in [5, 5.41) is 12.7. The highest BCUT2D eigenvalue weighted by Gasteiger charge is 2.50. The highest BCUT2D eigenvalue weighted by molar-refractivity contribution is 8.03. The molecule has 2 N–H and O–H groups in total. The first-order valence-corrected chi connectivity index (χ1v) is 12.0. The van der Waals surface area contributed by atoms with Crippen molar-refractivity contribution in [2.24, 2.45) is 5.73 Å². The van der Waals surface area contributed by atoms with Gasteiger partial charge in [0.1, 0.15) is 16.6 Å². The first kappa shape index (κ1) is 21.0. The zero-order chi connectivity index (χ0) is 21.6. The molecule has 2 aromatic carbocycles. The second-order valence-corrected chi connectivity index (χ2v) is 10.4. The third-order valence-corrected chi connectivity index (χ3v) is 8.59. The number of thioether (sulfide) groups is 1. The predicted molar refractivity (Wildman–Crippen MR) is 117 cm³/mol. The Kier molecular flexibility index (Phi) is 5.48. The van der Waals surface area contributed by atoms with Crippen LogP contribution in [-0.4, -0.2) is 30.5 Å². The molecule has 2 heterocycles. The Morgan fingerprint density at radius 3 is 2.33 bits per heavy atom. The van der Waals surface area contributed by atoms with Crippen molar-refractivity contribution in [3.63, 3.8) is 0 Å². The monoisotopic (exact) mass is 483 g/mol. The van der Waals surface area contributed by atoms with E-state index in [1.54, 1.807) is 24.3 Å². The lowest BCUT2D eigenvalue weighted by molar-refractivity contribution is -0.430. The minimum absolute atomic E-state index is 0.0193. The van der Waals surface area contributed by atoms with Crippen molar-refractivity contribution in [1.82, 2.24) is 4.90 Å². The van der Waals surface area contributed by atoms with Gasteiger partial charge in [-0.1, -0.05) is 59.2 Å². The lowest BCUT2D eigenvalue weighted by Crippen LogP contribution is -2.36. The molecule has 0 spiro atoms. The van der Waals surface area contributed by atoms with Crippen LogP contribution in [0.1, 0.15) is 11.5 Å². The summed E-state index contributed by atoms with van der Waals surface area (Å²) in [4.78, 5) is 12.8. The van der Waals surface area contributed by atoms with E-state index in [-0.39, 0.29) is 36.9 Å². The van der Waals surface area contributed by atoms with E-state index in [0.29, 0.717) is 17.3 Å². The smallest absolute Gasteiger partial charge is 0.289 e. The summed E-state index contributed by atoms with van der Waals surface area (Å²) < 4.78 is 27.3. The fraction of sp³-hybridized carbons (Fsp3) is 0.158. The van der Waals surface area contributed by atoms with Gasteiger partial charge in [0.05, 0.1) is 9.82 Å². The van der Waals surface area contributed by atoms with E-state index in [2.05, 4.69) is 0 Å². The summed E-state index contributed by atoms with van der Waals surface area (Å²) in [5.74, 6) is -0.858. The van der Waals surface area contributed by atoms with Crippen molar-refractivity contribution in [3.8, 4) is 0 Å². The maximum absolute atomic E-state index is 13.7. The van der Waals surface area contributed by atoms with E-state index in [0.717, 1.165) is 0 Å². The number of benzene rings is 2. The van der Waals surface area contributed by atoms with Crippen molar-refractivity contribution >= 4 is 44.8 Å². The van der Waals surface area contributed by atoms with Gasteiger partial charge >= 0.3 is 0 Å². The molecule has 2 aliphatic heterocycles. The molecular formula is C19H15Cl2N3O4S2. The third-order valence-electron chi connectivity index (χ3n) is 4.92. The first-order valence-electron chi connectivity index (χ1n) is 8.77. The minimum Gasteiger partial charge on any atom is -0.384 e. The molecule has 1 atom stereocenters. The van der Waals surface area contributed by atoms with Crippen LogP contribution in [0, 0.1) is 10.1 Å². The summed E-state index contributed by atoms with van der Waals surface area (Å²) in [6.07, 6.45) is 0. The van der Waals surface area contributed by atoms with E-state index < -0.39 is 20.7 Å². The van der Waals surface area contributed by atoms with Crippen LogP contribution in [0.15, 0.2) is 74.9 Å². The third kappa shape index (κ3) is 3.26. The number of nitrogens with two attached hydrogens (primary N) is 1. The van der Waals surface area contributed by atoms with Gasteiger partial charge in [-0.25, -0.2) is 8.42 Å². The molecule has 0 aromatic heterocycles. The van der Waals surface area contributed by atoms with Gasteiger partial charge in [-0.2, -0.15) is 0 Å². The Labute approximate surface area is 187 Å². The number of sulfone groups is 1. The molecule has 0 amide bonds. The molecule has 1 fully saturated rings. The van der Waals surface area contributed by atoms with E-state index >= 15 is 0 Å². The lowest BCUT2D eigenvalue weighted by Gasteiger charge is -2.32. The SMILES string of the molecule is NC1=C(S(=O)(=O)c2ccccc2)C(c2c(Cl)cccc2Cl)C([N+](=O)[O-])=C2SCCN12. The molecule has 11 heteroatoms. The largest absolute Gasteiger partial charge is 0.384 e. The molecule has 2 aromatic rings. The number of allylic oxidation sites excluding steroid dienone is 1. The molecule has 30 heavy (non-hydrogen) atoms. The molecule has 2 aliphatic rings. The van der Waals surface area contributed by atoms with Crippen LogP contribution in [0.3, 0.4) is 0 Å². The highest BCUT2D eigenvalue weighted by Crippen LogP contribution is 2.51. The van der Waals surface area contributed by atoms with Crippen molar-refractivity contribution in [2.45, 2.75) is 10.8 Å². The summed E-state index contributed by atoms with van der Waals surface area (Å²) in [6.45, 7) is 0.361. The number of nitro groups is 1. The van der Waals surface area contributed by atoms with Gasteiger partial charge in [0.2, 0.25) is 9.84 Å². The number of rotatable bonds is 4. The highest BCUT2D eigenvalue weighted by atomic mass is 35.5. The molecule has 1 unspecified atom stereocenters. The molecule has 4 rings (SSSR count). The van der Waals surface area contributed by atoms with Crippen LogP contribution in [0.5, 0.6) is 0 Å². The Hall–Kier alpha value is -2.20. The van der Waals surface area contributed by atoms with E-state index in [1.807, 2.05) is 0 Å².